The highest BCUT2D eigenvalue weighted by molar-refractivity contribution is 7.90. The monoisotopic (exact) mass is 451 g/mol. The molecule has 0 fully saturated rings. The third-order valence-electron chi connectivity index (χ3n) is 5.05. The van der Waals surface area contributed by atoms with Crippen molar-refractivity contribution < 1.29 is 18.1 Å². The normalized spacial score (nSPS) is 18.2. The van der Waals surface area contributed by atoms with Crippen molar-refractivity contribution in [2.75, 3.05) is 18.1 Å². The molecule has 3 aromatic rings. The fraction of sp³-hybridized carbons (Fsp3) is 0.200. The zero-order valence-corrected chi connectivity index (χ0v) is 17.2. The molecule has 0 spiro atoms. The summed E-state index contributed by atoms with van der Waals surface area (Å²) >= 11 is 4.45. The van der Waals surface area contributed by atoms with Gasteiger partial charge in [-0.25, -0.2) is 13.6 Å². The molecule has 0 saturated heterocycles. The highest BCUT2D eigenvalue weighted by Gasteiger charge is 2.36. The topological polar surface area (TPSA) is 88.3 Å². The van der Waals surface area contributed by atoms with Gasteiger partial charge >= 0.3 is 6.03 Å². The summed E-state index contributed by atoms with van der Waals surface area (Å²) in [5.41, 5.74) is 0.898. The van der Waals surface area contributed by atoms with Gasteiger partial charge in [-0.1, -0.05) is 17.7 Å². The lowest BCUT2D eigenvalue weighted by Crippen LogP contribution is -2.41. The molecule has 6 nitrogen and oxygen atoms in total. The molecule has 0 radical (unpaired) electrons. The second-order valence-corrected chi connectivity index (χ2v) is 8.88. The number of halogens is 3. The Morgan fingerprint density at radius 3 is 2.77 bits per heavy atom. The predicted octanol–water partition coefficient (Wildman–Crippen LogP) is 3.93. The van der Waals surface area contributed by atoms with Crippen LogP contribution in [0.15, 0.2) is 41.2 Å². The number of rotatable bonds is 2. The Morgan fingerprint density at radius 1 is 1.27 bits per heavy atom. The largest absolute Gasteiger partial charge is 0.616 e. The molecule has 4 rings (SSSR count). The number of fused-ring (bicyclic) bond motifs is 3. The molecule has 1 aromatic heterocycles. The minimum Gasteiger partial charge on any atom is -0.616 e. The number of anilines is 1. The van der Waals surface area contributed by atoms with E-state index in [-0.39, 0.29) is 21.9 Å². The lowest BCUT2D eigenvalue weighted by atomic mass is 9.97. The van der Waals surface area contributed by atoms with Gasteiger partial charge in [0.25, 0.3) is 5.56 Å². The van der Waals surface area contributed by atoms with E-state index in [2.05, 4.69) is 10.3 Å². The smallest absolute Gasteiger partial charge is 0.322 e. The van der Waals surface area contributed by atoms with Crippen molar-refractivity contribution in [3.05, 3.63) is 74.7 Å². The fourth-order valence-electron chi connectivity index (χ4n) is 3.58. The van der Waals surface area contributed by atoms with Crippen LogP contribution in [0.5, 0.6) is 0 Å². The number of urea groups is 1. The molecule has 156 valence electrons. The number of aromatic nitrogens is 1. The lowest BCUT2D eigenvalue weighted by Gasteiger charge is -2.34. The Kier molecular flexibility index (Phi) is 5.44. The van der Waals surface area contributed by atoms with Crippen LogP contribution in [0, 0.1) is 11.6 Å². The number of carbonyl (C=O) groups is 1. The van der Waals surface area contributed by atoms with Crippen LogP contribution in [-0.4, -0.2) is 33.3 Å². The maximum absolute atomic E-state index is 13.7. The Morgan fingerprint density at radius 2 is 2.03 bits per heavy atom. The van der Waals surface area contributed by atoms with Gasteiger partial charge in [0, 0.05) is 18.3 Å². The molecule has 10 heteroatoms. The fourth-order valence-corrected chi connectivity index (χ4v) is 5.17. The van der Waals surface area contributed by atoms with E-state index in [1.165, 1.54) is 36.2 Å². The number of amides is 2. The summed E-state index contributed by atoms with van der Waals surface area (Å²) in [6, 6.07) is 6.50. The number of nitrogens with one attached hydrogen (secondary N) is 2. The molecule has 1 aliphatic heterocycles. The van der Waals surface area contributed by atoms with Gasteiger partial charge in [-0.2, -0.15) is 0 Å². The first-order valence-electron chi connectivity index (χ1n) is 8.92. The zero-order chi connectivity index (χ0) is 21.6. The summed E-state index contributed by atoms with van der Waals surface area (Å²) in [5.74, 6) is -0.873. The van der Waals surface area contributed by atoms with E-state index in [9.17, 15) is 22.9 Å². The van der Waals surface area contributed by atoms with E-state index < -0.39 is 40.4 Å². The van der Waals surface area contributed by atoms with Gasteiger partial charge in [0.1, 0.15) is 29.2 Å². The van der Waals surface area contributed by atoms with Gasteiger partial charge in [-0.05, 0) is 46.9 Å². The summed E-state index contributed by atoms with van der Waals surface area (Å²) in [6.07, 6.45) is 0. The number of carbonyl (C=O) groups excluding carboxylic acids is 1. The molecule has 2 unspecified atom stereocenters. The van der Waals surface area contributed by atoms with Crippen LogP contribution in [0.4, 0.5) is 19.3 Å². The van der Waals surface area contributed by atoms with Crippen molar-refractivity contribution in [3.8, 4) is 0 Å². The van der Waals surface area contributed by atoms with Crippen LogP contribution in [0.2, 0.25) is 5.02 Å². The zero-order valence-electron chi connectivity index (χ0n) is 15.7. The molecular formula is C20H16ClF2N3O3S. The van der Waals surface area contributed by atoms with Crippen molar-refractivity contribution in [1.82, 2.24) is 9.88 Å². The average Bonchev–Trinajstić information content (AvgIpc) is 2.69. The highest BCUT2D eigenvalue weighted by atomic mass is 35.5. The van der Waals surface area contributed by atoms with Crippen molar-refractivity contribution in [2.45, 2.75) is 11.8 Å². The van der Waals surface area contributed by atoms with Gasteiger partial charge in [0.05, 0.1) is 16.1 Å². The molecule has 0 saturated carbocycles. The second kappa shape index (κ2) is 7.90. The Balaban J connectivity index is 1.73. The SMILES string of the molecule is CN(C(=O)Nc1ccc(F)c(Cl)c1)C1C[S+]([O-])Cc2[nH]c(=O)c3cc(F)ccc3c21. The van der Waals surface area contributed by atoms with Crippen LogP contribution in [-0.2, 0) is 16.9 Å². The number of aromatic amines is 1. The summed E-state index contributed by atoms with van der Waals surface area (Å²) < 4.78 is 39.5. The minimum atomic E-state index is -1.31. The van der Waals surface area contributed by atoms with Crippen LogP contribution in [0.25, 0.3) is 10.8 Å². The van der Waals surface area contributed by atoms with E-state index in [4.69, 9.17) is 11.6 Å². The lowest BCUT2D eigenvalue weighted by molar-refractivity contribution is 0.208. The van der Waals surface area contributed by atoms with Crippen LogP contribution in [0.3, 0.4) is 0 Å². The van der Waals surface area contributed by atoms with E-state index >= 15 is 0 Å². The molecule has 30 heavy (non-hydrogen) atoms. The minimum absolute atomic E-state index is 0.134. The number of hydrogen-bond donors (Lipinski definition) is 2. The van der Waals surface area contributed by atoms with Crippen LogP contribution < -0.4 is 10.9 Å². The summed E-state index contributed by atoms with van der Waals surface area (Å²) in [4.78, 5) is 29.2. The number of benzene rings is 2. The first-order valence-corrected chi connectivity index (χ1v) is 10.8. The molecular weight excluding hydrogens is 436 g/mol. The van der Waals surface area contributed by atoms with E-state index in [0.717, 1.165) is 12.1 Å². The molecule has 2 amide bonds. The van der Waals surface area contributed by atoms with Gasteiger partial charge in [0.15, 0.2) is 0 Å². The van der Waals surface area contributed by atoms with Crippen molar-refractivity contribution in [1.29, 1.82) is 0 Å². The molecule has 2 atom stereocenters. The molecule has 0 aliphatic carbocycles. The molecule has 2 heterocycles. The molecule has 2 N–H and O–H groups in total. The Hall–Kier alpha value is -2.62. The Bertz CT molecular complexity index is 1220. The second-order valence-electron chi connectivity index (χ2n) is 6.97. The first kappa shape index (κ1) is 20.6. The van der Waals surface area contributed by atoms with Gasteiger partial charge in [-0.15, -0.1) is 0 Å². The van der Waals surface area contributed by atoms with Crippen molar-refractivity contribution >= 4 is 45.3 Å². The quantitative estimate of drug-likeness (QED) is 0.579. The van der Waals surface area contributed by atoms with Gasteiger partial charge < -0.3 is 19.8 Å². The predicted molar refractivity (Wildman–Crippen MR) is 112 cm³/mol. The van der Waals surface area contributed by atoms with E-state index in [0.29, 0.717) is 22.3 Å². The van der Waals surface area contributed by atoms with E-state index in [1.54, 1.807) is 0 Å². The Labute approximate surface area is 178 Å². The average molecular weight is 452 g/mol. The van der Waals surface area contributed by atoms with E-state index in [1.807, 2.05) is 0 Å². The number of H-pyrrole nitrogens is 1. The summed E-state index contributed by atoms with van der Waals surface area (Å²) in [5, 5.41) is 3.15. The molecule has 1 aliphatic rings. The third-order valence-corrected chi connectivity index (χ3v) is 6.63. The summed E-state index contributed by atoms with van der Waals surface area (Å²) in [6.45, 7) is 0. The van der Waals surface area contributed by atoms with Crippen molar-refractivity contribution in [2.24, 2.45) is 0 Å². The number of pyridine rings is 1. The summed E-state index contributed by atoms with van der Waals surface area (Å²) in [7, 11) is 1.53. The maximum Gasteiger partial charge on any atom is 0.322 e. The number of nitrogens with zero attached hydrogens (tertiary/aromatic N) is 1. The highest BCUT2D eigenvalue weighted by Crippen LogP contribution is 2.35. The van der Waals surface area contributed by atoms with Crippen molar-refractivity contribution in [3.63, 3.8) is 0 Å². The molecule has 0 bridgehead atoms. The number of hydrogen-bond acceptors (Lipinski definition) is 3. The van der Waals surface area contributed by atoms with Crippen LogP contribution in [0.1, 0.15) is 17.3 Å². The maximum atomic E-state index is 13.7. The third kappa shape index (κ3) is 3.76. The first-order chi connectivity index (χ1) is 14.2. The molecule has 2 aromatic carbocycles. The van der Waals surface area contributed by atoms with Gasteiger partial charge in [0.2, 0.25) is 0 Å². The van der Waals surface area contributed by atoms with Gasteiger partial charge in [-0.3, -0.25) is 4.79 Å². The standard InChI is InChI=1S/C20H16ClF2N3O3S/c1-26(20(28)24-11-3-5-15(23)14(21)7-11)17-9-30(29)8-16-18(17)12-4-2-10(22)6-13(12)19(27)25-16/h2-7,17H,8-9H2,1H3,(H,24,28)(H,25,27). The van der Waals surface area contributed by atoms with Crippen LogP contribution >= 0.6 is 11.6 Å².